The second-order valence-electron chi connectivity index (χ2n) is 7.09. The zero-order valence-corrected chi connectivity index (χ0v) is 15.4. The van der Waals surface area contributed by atoms with Crippen molar-refractivity contribution in [3.05, 3.63) is 71.3 Å². The molecule has 0 atom stereocenters. The number of hydrogen-bond donors (Lipinski definition) is 1. The molecule has 0 radical (unpaired) electrons. The first-order valence-electron chi connectivity index (χ1n) is 8.53. The van der Waals surface area contributed by atoms with Crippen molar-refractivity contribution in [2.45, 2.75) is 32.6 Å². The van der Waals surface area contributed by atoms with Crippen molar-refractivity contribution in [1.29, 1.82) is 0 Å². The molecule has 0 aliphatic carbocycles. The zero-order chi connectivity index (χ0) is 19.2. The lowest BCUT2D eigenvalue weighted by Crippen LogP contribution is -2.11. The number of aliphatic carboxylic acids is 1. The molecule has 0 amide bonds. The van der Waals surface area contributed by atoms with Crippen LogP contribution in [0.5, 0.6) is 5.75 Å². The lowest BCUT2D eigenvalue weighted by molar-refractivity contribution is -0.137. The summed E-state index contributed by atoms with van der Waals surface area (Å²) in [6, 6.07) is 14.9. The van der Waals surface area contributed by atoms with Crippen molar-refractivity contribution >= 4 is 17.8 Å². The summed E-state index contributed by atoms with van der Waals surface area (Å²) in [6.07, 6.45) is 3.20. The monoisotopic (exact) mass is 352 g/mol. The average molecular weight is 352 g/mol. The van der Waals surface area contributed by atoms with Crippen molar-refractivity contribution < 1.29 is 19.4 Å². The molecule has 0 aromatic heterocycles. The summed E-state index contributed by atoms with van der Waals surface area (Å²) >= 11 is 0. The summed E-state index contributed by atoms with van der Waals surface area (Å²) in [6.45, 7) is 6.52. The molecule has 4 nitrogen and oxygen atoms in total. The van der Waals surface area contributed by atoms with Crippen LogP contribution >= 0.6 is 0 Å². The largest absolute Gasteiger partial charge is 0.493 e. The van der Waals surface area contributed by atoms with Gasteiger partial charge in [-0.2, -0.15) is 0 Å². The molecule has 0 heterocycles. The Morgan fingerprint density at radius 3 is 2.38 bits per heavy atom. The van der Waals surface area contributed by atoms with Gasteiger partial charge in [0.15, 0.2) is 5.78 Å². The Bertz CT molecular complexity index is 796. The zero-order valence-electron chi connectivity index (χ0n) is 15.4. The van der Waals surface area contributed by atoms with Crippen molar-refractivity contribution in [2.75, 3.05) is 6.61 Å². The molecule has 2 rings (SSSR count). The topological polar surface area (TPSA) is 63.6 Å². The first-order chi connectivity index (χ1) is 12.3. The van der Waals surface area contributed by atoms with E-state index < -0.39 is 5.97 Å². The van der Waals surface area contributed by atoms with Crippen LogP contribution in [0.4, 0.5) is 0 Å². The first kappa shape index (κ1) is 19.4. The van der Waals surface area contributed by atoms with Gasteiger partial charge in [0.25, 0.3) is 0 Å². The highest BCUT2D eigenvalue weighted by molar-refractivity contribution is 6.06. The molecule has 0 unspecified atom stereocenters. The van der Waals surface area contributed by atoms with E-state index in [4.69, 9.17) is 9.84 Å². The first-order valence-corrected chi connectivity index (χ1v) is 8.53. The number of hydrogen-bond acceptors (Lipinski definition) is 3. The number of ketones is 1. The molecule has 0 fully saturated rings. The van der Waals surface area contributed by atoms with E-state index >= 15 is 0 Å². The predicted molar refractivity (Wildman–Crippen MR) is 103 cm³/mol. The molecule has 0 aliphatic rings. The molecule has 0 saturated heterocycles. The number of carboxylic acids is 1. The van der Waals surface area contributed by atoms with E-state index in [0.717, 1.165) is 5.56 Å². The van der Waals surface area contributed by atoms with Gasteiger partial charge in [-0.25, -0.2) is 0 Å². The van der Waals surface area contributed by atoms with Gasteiger partial charge in [-0.1, -0.05) is 63.2 Å². The van der Waals surface area contributed by atoms with Gasteiger partial charge in [0.1, 0.15) is 5.75 Å². The SMILES string of the molecule is CC(C)(C)c1ccc(C(=O)C=Cc2cccc(OCCC(=O)O)c2)cc1. The van der Waals surface area contributed by atoms with Crippen LogP contribution in [0, 0.1) is 0 Å². The van der Waals surface area contributed by atoms with Crippen LogP contribution in [-0.4, -0.2) is 23.5 Å². The number of benzene rings is 2. The van der Waals surface area contributed by atoms with Crippen LogP contribution in [0.25, 0.3) is 6.08 Å². The lowest BCUT2D eigenvalue weighted by Gasteiger charge is -2.18. The van der Waals surface area contributed by atoms with Crippen LogP contribution in [0.1, 0.15) is 48.7 Å². The van der Waals surface area contributed by atoms with Gasteiger partial charge in [0.05, 0.1) is 13.0 Å². The summed E-state index contributed by atoms with van der Waals surface area (Å²) in [7, 11) is 0. The molecular formula is C22H24O4. The molecule has 0 saturated carbocycles. The second kappa shape index (κ2) is 8.48. The minimum Gasteiger partial charge on any atom is -0.493 e. The summed E-state index contributed by atoms with van der Waals surface area (Å²) in [5.74, 6) is -0.387. The maximum absolute atomic E-state index is 12.3. The Kier molecular flexibility index (Phi) is 6.34. The van der Waals surface area contributed by atoms with Gasteiger partial charge >= 0.3 is 5.97 Å². The maximum atomic E-state index is 12.3. The van der Waals surface area contributed by atoms with E-state index in [-0.39, 0.29) is 24.2 Å². The van der Waals surface area contributed by atoms with Crippen molar-refractivity contribution in [1.82, 2.24) is 0 Å². The summed E-state index contributed by atoms with van der Waals surface area (Å²) in [5.41, 5.74) is 2.70. The van der Waals surface area contributed by atoms with Crippen LogP contribution in [-0.2, 0) is 10.2 Å². The van der Waals surface area contributed by atoms with E-state index in [0.29, 0.717) is 11.3 Å². The molecule has 0 bridgehead atoms. The van der Waals surface area contributed by atoms with Crippen molar-refractivity contribution in [3.8, 4) is 5.75 Å². The third kappa shape index (κ3) is 5.88. The highest BCUT2D eigenvalue weighted by Gasteiger charge is 2.13. The summed E-state index contributed by atoms with van der Waals surface area (Å²) < 4.78 is 5.39. The van der Waals surface area contributed by atoms with Crippen LogP contribution in [0.3, 0.4) is 0 Å². The minimum atomic E-state index is -0.899. The van der Waals surface area contributed by atoms with Crippen molar-refractivity contribution in [2.24, 2.45) is 0 Å². The molecule has 0 aliphatic heterocycles. The lowest BCUT2D eigenvalue weighted by atomic mass is 9.86. The normalized spacial score (nSPS) is 11.5. The Morgan fingerprint density at radius 1 is 1.08 bits per heavy atom. The number of rotatable bonds is 7. The highest BCUT2D eigenvalue weighted by atomic mass is 16.5. The molecule has 136 valence electrons. The van der Waals surface area contributed by atoms with E-state index in [9.17, 15) is 9.59 Å². The van der Waals surface area contributed by atoms with Crippen LogP contribution < -0.4 is 4.74 Å². The third-order valence-electron chi connectivity index (χ3n) is 3.91. The predicted octanol–water partition coefficient (Wildman–Crippen LogP) is 4.73. The maximum Gasteiger partial charge on any atom is 0.306 e. The number of carboxylic acid groups (broad SMARTS) is 1. The smallest absolute Gasteiger partial charge is 0.306 e. The quantitative estimate of drug-likeness (QED) is 0.578. The molecule has 2 aromatic carbocycles. The van der Waals surface area contributed by atoms with E-state index in [2.05, 4.69) is 20.8 Å². The van der Waals surface area contributed by atoms with Gasteiger partial charge in [0.2, 0.25) is 0 Å². The molecule has 1 N–H and O–H groups in total. The standard InChI is InChI=1S/C22H24O4/c1-22(2,3)18-10-8-17(9-11-18)20(23)12-7-16-5-4-6-19(15-16)26-14-13-21(24)25/h4-12,15H,13-14H2,1-3H3,(H,24,25). The van der Waals surface area contributed by atoms with Gasteiger partial charge in [-0.05, 0) is 34.8 Å². The summed E-state index contributed by atoms with van der Waals surface area (Å²) in [4.78, 5) is 22.8. The number of carbonyl (C=O) groups is 2. The van der Waals surface area contributed by atoms with Crippen LogP contribution in [0.15, 0.2) is 54.6 Å². The third-order valence-corrected chi connectivity index (χ3v) is 3.91. The Hall–Kier alpha value is -2.88. The Labute approximate surface area is 154 Å². The Balaban J connectivity index is 2.02. The van der Waals surface area contributed by atoms with Crippen LogP contribution in [0.2, 0.25) is 0 Å². The fourth-order valence-electron chi connectivity index (χ4n) is 2.37. The number of ether oxygens (including phenoxy) is 1. The number of carbonyl (C=O) groups excluding carboxylic acids is 1. The van der Waals surface area contributed by atoms with E-state index in [1.165, 1.54) is 11.6 Å². The minimum absolute atomic E-state index is 0.0525. The molecule has 2 aromatic rings. The van der Waals surface area contributed by atoms with Gasteiger partial charge in [-0.3, -0.25) is 9.59 Å². The molecule has 4 heteroatoms. The molecule has 0 spiro atoms. The molecular weight excluding hydrogens is 328 g/mol. The van der Waals surface area contributed by atoms with Gasteiger partial charge in [0, 0.05) is 5.56 Å². The van der Waals surface area contributed by atoms with Crippen molar-refractivity contribution in [3.63, 3.8) is 0 Å². The fourth-order valence-corrected chi connectivity index (χ4v) is 2.37. The van der Waals surface area contributed by atoms with Gasteiger partial charge in [-0.15, -0.1) is 0 Å². The summed E-state index contributed by atoms with van der Waals surface area (Å²) in [5, 5.41) is 8.63. The fraction of sp³-hybridized carbons (Fsp3) is 0.273. The van der Waals surface area contributed by atoms with Gasteiger partial charge < -0.3 is 9.84 Å². The highest BCUT2D eigenvalue weighted by Crippen LogP contribution is 2.22. The average Bonchev–Trinajstić information content (AvgIpc) is 2.59. The number of allylic oxidation sites excluding steroid dienone is 1. The second-order valence-corrected chi connectivity index (χ2v) is 7.09. The molecule has 26 heavy (non-hydrogen) atoms. The van der Waals surface area contributed by atoms with E-state index in [1.54, 1.807) is 24.3 Å². The Morgan fingerprint density at radius 2 is 1.77 bits per heavy atom. The van der Waals surface area contributed by atoms with E-state index in [1.807, 2.05) is 30.3 Å².